The number of halogens is 2. The van der Waals surface area contributed by atoms with Gasteiger partial charge in [0.05, 0.1) is 40.6 Å². The highest BCUT2D eigenvalue weighted by molar-refractivity contribution is 5.85. The fourth-order valence-corrected chi connectivity index (χ4v) is 4.29. The van der Waals surface area contributed by atoms with Crippen LogP contribution in [0.4, 0.5) is 4.39 Å². The molecule has 3 aromatic heterocycles. The van der Waals surface area contributed by atoms with E-state index < -0.39 is 17.1 Å². The Morgan fingerprint density at radius 3 is 2.33 bits per heavy atom. The molecule has 0 spiro atoms. The maximum absolute atomic E-state index is 14.3. The topological polar surface area (TPSA) is 93.8 Å². The van der Waals surface area contributed by atoms with Crippen LogP contribution < -0.4 is 0 Å². The molecule has 0 bridgehead atoms. The Morgan fingerprint density at radius 2 is 1.75 bits per heavy atom. The van der Waals surface area contributed by atoms with E-state index >= 15 is 0 Å². The molecule has 7 nitrogen and oxygen atoms in total. The number of aryl methyl sites for hydroxylation is 1. The number of alkyl halides is 1. The maximum Gasteiger partial charge on any atom is 0.314 e. The van der Waals surface area contributed by atoms with E-state index in [0.29, 0.717) is 30.7 Å². The van der Waals surface area contributed by atoms with Crippen LogP contribution in [-0.2, 0) is 29.3 Å². The van der Waals surface area contributed by atoms with Gasteiger partial charge in [0, 0.05) is 37.0 Å². The van der Waals surface area contributed by atoms with Crippen molar-refractivity contribution in [3.8, 4) is 22.4 Å². The van der Waals surface area contributed by atoms with Gasteiger partial charge in [-0.15, -0.1) is 12.4 Å². The van der Waals surface area contributed by atoms with Gasteiger partial charge in [-0.3, -0.25) is 24.4 Å². The van der Waals surface area contributed by atoms with Crippen molar-refractivity contribution in [2.24, 2.45) is 7.05 Å². The van der Waals surface area contributed by atoms with Gasteiger partial charge >= 0.3 is 5.97 Å². The van der Waals surface area contributed by atoms with Crippen LogP contribution in [-0.4, -0.2) is 35.8 Å². The molecule has 0 saturated heterocycles. The van der Waals surface area contributed by atoms with E-state index in [9.17, 15) is 14.3 Å². The van der Waals surface area contributed by atoms with Gasteiger partial charge in [0.2, 0.25) is 0 Å². The van der Waals surface area contributed by atoms with Crippen LogP contribution in [0.25, 0.3) is 22.4 Å². The molecule has 4 aromatic rings. The Balaban J connectivity index is 0.00000304. The van der Waals surface area contributed by atoms with Crippen LogP contribution in [0.1, 0.15) is 49.3 Å². The van der Waals surface area contributed by atoms with Gasteiger partial charge in [-0.25, -0.2) is 4.39 Å². The van der Waals surface area contributed by atoms with E-state index in [0.717, 1.165) is 33.6 Å². The summed E-state index contributed by atoms with van der Waals surface area (Å²) in [6.45, 7) is 2.93. The van der Waals surface area contributed by atoms with E-state index in [2.05, 4.69) is 20.1 Å². The van der Waals surface area contributed by atoms with Crippen molar-refractivity contribution in [1.29, 1.82) is 0 Å². The van der Waals surface area contributed by atoms with Crippen LogP contribution in [0.2, 0.25) is 0 Å². The summed E-state index contributed by atoms with van der Waals surface area (Å²) in [5, 5.41) is 13.9. The Morgan fingerprint density at radius 1 is 1.06 bits per heavy atom. The van der Waals surface area contributed by atoms with Gasteiger partial charge in [-0.05, 0) is 43.9 Å². The van der Waals surface area contributed by atoms with Crippen molar-refractivity contribution in [2.75, 3.05) is 0 Å². The number of carboxylic acid groups (broad SMARTS) is 1. The minimum Gasteiger partial charge on any atom is -0.481 e. The van der Waals surface area contributed by atoms with Crippen molar-refractivity contribution >= 4 is 18.4 Å². The number of aromatic nitrogens is 5. The summed E-state index contributed by atoms with van der Waals surface area (Å²) >= 11 is 0. The van der Waals surface area contributed by atoms with Crippen molar-refractivity contribution in [1.82, 2.24) is 24.7 Å². The normalized spacial score (nSPS) is 14.2. The second kappa shape index (κ2) is 9.43. The van der Waals surface area contributed by atoms with E-state index in [1.165, 1.54) is 20.0 Å². The first-order valence-electron chi connectivity index (χ1n) is 11.5. The Hall–Kier alpha value is -3.65. The predicted molar refractivity (Wildman–Crippen MR) is 137 cm³/mol. The third-order valence-corrected chi connectivity index (χ3v) is 6.67. The molecule has 1 fully saturated rings. The third-order valence-electron chi connectivity index (χ3n) is 6.67. The number of pyridine rings is 1. The number of hydrogen-bond donors (Lipinski definition) is 1. The van der Waals surface area contributed by atoms with E-state index in [-0.39, 0.29) is 12.4 Å². The van der Waals surface area contributed by atoms with Gasteiger partial charge in [0.1, 0.15) is 5.67 Å². The van der Waals surface area contributed by atoms with E-state index in [4.69, 9.17) is 0 Å². The lowest BCUT2D eigenvalue weighted by Gasteiger charge is -2.14. The van der Waals surface area contributed by atoms with Crippen LogP contribution in [0.5, 0.6) is 0 Å². The molecular formula is C27H27ClFN5O2. The third kappa shape index (κ3) is 4.73. The number of nitrogens with zero attached hydrogens (tertiary/aromatic N) is 5. The highest BCUT2D eigenvalue weighted by Gasteiger charge is 2.51. The van der Waals surface area contributed by atoms with Crippen LogP contribution in [0.3, 0.4) is 0 Å². The van der Waals surface area contributed by atoms with Crippen LogP contribution >= 0.6 is 12.4 Å². The summed E-state index contributed by atoms with van der Waals surface area (Å²) in [7, 11) is 1.86. The molecule has 186 valence electrons. The van der Waals surface area contributed by atoms with Crippen molar-refractivity contribution in [3.05, 3.63) is 83.8 Å². The molecule has 9 heteroatoms. The largest absolute Gasteiger partial charge is 0.481 e. The van der Waals surface area contributed by atoms with E-state index in [1.54, 1.807) is 23.3 Å². The van der Waals surface area contributed by atoms with Crippen LogP contribution in [0, 0.1) is 0 Å². The Labute approximate surface area is 214 Å². The maximum atomic E-state index is 14.3. The number of rotatable bonds is 7. The Bertz CT molecular complexity index is 1390. The molecule has 1 saturated carbocycles. The average molecular weight is 508 g/mol. The zero-order chi connectivity index (χ0) is 24.8. The van der Waals surface area contributed by atoms with Gasteiger partial charge in [-0.1, -0.05) is 30.3 Å². The summed E-state index contributed by atoms with van der Waals surface area (Å²) in [4.78, 5) is 24.9. The van der Waals surface area contributed by atoms with Crippen LogP contribution in [0.15, 0.2) is 61.2 Å². The summed E-state index contributed by atoms with van der Waals surface area (Å²) in [6, 6.07) is 11.6. The molecule has 0 atom stereocenters. The first-order chi connectivity index (χ1) is 16.7. The summed E-state index contributed by atoms with van der Waals surface area (Å²) in [5.41, 5.74) is 3.98. The van der Waals surface area contributed by atoms with Crippen molar-refractivity contribution in [3.63, 3.8) is 0 Å². The molecule has 36 heavy (non-hydrogen) atoms. The molecule has 0 radical (unpaired) electrons. The summed E-state index contributed by atoms with van der Waals surface area (Å²) < 4.78 is 16.1. The van der Waals surface area contributed by atoms with Gasteiger partial charge in [-0.2, -0.15) is 5.10 Å². The zero-order valence-corrected chi connectivity index (χ0v) is 21.1. The number of carbonyl (C=O) groups is 1. The molecule has 0 aliphatic heterocycles. The zero-order valence-electron chi connectivity index (χ0n) is 20.3. The number of aliphatic carboxylic acids is 1. The molecule has 0 unspecified atom stereocenters. The number of benzene rings is 1. The first kappa shape index (κ1) is 25.4. The molecule has 3 heterocycles. The molecule has 1 aliphatic rings. The highest BCUT2D eigenvalue weighted by Crippen LogP contribution is 2.48. The predicted octanol–water partition coefficient (Wildman–Crippen LogP) is 5.27. The minimum atomic E-state index is -1.57. The number of carboxylic acids is 1. The highest BCUT2D eigenvalue weighted by atomic mass is 35.5. The SMILES string of the molecule is Cl.Cn1ncc(-c2ccc(-c3ccc(C4(C(=O)O)CC4)cc3)cn2)c1Cc1cncc(C(C)(C)F)n1. The first-order valence-corrected chi connectivity index (χ1v) is 11.5. The second-order valence-corrected chi connectivity index (χ2v) is 9.57. The number of hydrogen-bond acceptors (Lipinski definition) is 5. The fraction of sp³-hybridized carbons (Fsp3) is 0.296. The molecule has 1 aliphatic carbocycles. The summed E-state index contributed by atoms with van der Waals surface area (Å²) in [5.74, 6) is -0.755. The molecule has 1 aromatic carbocycles. The van der Waals surface area contributed by atoms with Crippen molar-refractivity contribution < 1.29 is 14.3 Å². The van der Waals surface area contributed by atoms with Gasteiger partial charge in [0.15, 0.2) is 0 Å². The molecule has 1 N–H and O–H groups in total. The lowest BCUT2D eigenvalue weighted by molar-refractivity contribution is -0.140. The van der Waals surface area contributed by atoms with Gasteiger partial charge in [0.25, 0.3) is 0 Å². The summed E-state index contributed by atoms with van der Waals surface area (Å²) in [6.07, 6.45) is 8.48. The van der Waals surface area contributed by atoms with E-state index in [1.807, 2.05) is 43.4 Å². The average Bonchev–Trinajstić information content (AvgIpc) is 3.59. The lowest BCUT2D eigenvalue weighted by atomic mass is 9.94. The lowest BCUT2D eigenvalue weighted by Crippen LogP contribution is -2.19. The molecular weight excluding hydrogens is 481 g/mol. The minimum absolute atomic E-state index is 0. The van der Waals surface area contributed by atoms with Crippen molar-refractivity contribution in [2.45, 2.75) is 44.2 Å². The smallest absolute Gasteiger partial charge is 0.314 e. The standard InChI is InChI=1S/C27H26FN5O2.ClH/c1-26(2,28)24-16-29-14-20(32-24)12-23-21(15-31-33(23)3)22-9-6-18(13-30-22)17-4-7-19(8-5-17)27(10-11-27)25(34)35;/h4-9,13-16H,10-12H2,1-3H3,(H,34,35);1H. The Kier molecular flexibility index (Phi) is 6.66. The fourth-order valence-electron chi connectivity index (χ4n) is 4.29. The van der Waals surface area contributed by atoms with Gasteiger partial charge < -0.3 is 5.11 Å². The molecule has 5 rings (SSSR count). The quantitative estimate of drug-likeness (QED) is 0.366. The monoisotopic (exact) mass is 507 g/mol. The second-order valence-electron chi connectivity index (χ2n) is 9.57. The molecule has 0 amide bonds.